The van der Waals surface area contributed by atoms with Crippen molar-refractivity contribution in [3.8, 4) is 0 Å². The molecule has 1 atom stereocenters. The van der Waals surface area contributed by atoms with E-state index in [1.54, 1.807) is 0 Å². The largest absolute Gasteiger partial charge is 0.435 e. The van der Waals surface area contributed by atoms with E-state index in [1.807, 2.05) is 32.0 Å². The number of carbonyl (C=O) groups is 3. The number of halogens is 1. The van der Waals surface area contributed by atoms with Crippen molar-refractivity contribution >= 4 is 39.5 Å². The summed E-state index contributed by atoms with van der Waals surface area (Å²) in [4.78, 5) is 35.1. The number of nitrogens with one attached hydrogen (secondary N) is 3. The van der Waals surface area contributed by atoms with Crippen LogP contribution in [-0.2, 0) is 14.3 Å². The molecular weight excluding hydrogens is 452 g/mol. The molecule has 0 radical (unpaired) electrons. The van der Waals surface area contributed by atoms with Crippen molar-refractivity contribution in [3.05, 3.63) is 33.8 Å². The molecule has 3 N–H and O–H groups in total. The van der Waals surface area contributed by atoms with Crippen LogP contribution in [-0.4, -0.2) is 42.3 Å². The van der Waals surface area contributed by atoms with E-state index in [1.165, 1.54) is 7.05 Å². The van der Waals surface area contributed by atoms with Crippen molar-refractivity contribution in [3.63, 3.8) is 0 Å². The van der Waals surface area contributed by atoms with Gasteiger partial charge in [0, 0.05) is 23.1 Å². The second kappa shape index (κ2) is 9.16. The van der Waals surface area contributed by atoms with Gasteiger partial charge in [-0.1, -0.05) is 22.0 Å². The van der Waals surface area contributed by atoms with E-state index in [0.717, 1.165) is 40.6 Å². The molecule has 1 fully saturated rings. The van der Waals surface area contributed by atoms with E-state index in [-0.39, 0.29) is 6.04 Å². The number of amides is 3. The van der Waals surface area contributed by atoms with Crippen LogP contribution in [0, 0.1) is 12.8 Å². The average Bonchev–Trinajstić information content (AvgIpc) is 2.70. The third-order valence-corrected chi connectivity index (χ3v) is 6.33. The van der Waals surface area contributed by atoms with E-state index in [4.69, 9.17) is 4.74 Å². The van der Waals surface area contributed by atoms with Gasteiger partial charge in [0.15, 0.2) is 5.60 Å². The zero-order valence-corrected chi connectivity index (χ0v) is 19.0. The average molecular weight is 479 g/mol. The monoisotopic (exact) mass is 478 g/mol. The number of rotatable bonds is 4. The normalized spacial score (nSPS) is 24.3. The fourth-order valence-electron chi connectivity index (χ4n) is 4.33. The second-order valence-corrected chi connectivity index (χ2v) is 8.96. The van der Waals surface area contributed by atoms with E-state index < -0.39 is 23.5 Å². The van der Waals surface area contributed by atoms with Gasteiger partial charge in [-0.25, -0.2) is 10.2 Å². The maximum absolute atomic E-state index is 12.0. The molecule has 30 heavy (non-hydrogen) atoms. The molecule has 1 aromatic rings. The van der Waals surface area contributed by atoms with Crippen LogP contribution >= 0.6 is 15.9 Å². The van der Waals surface area contributed by atoms with Gasteiger partial charge in [-0.3, -0.25) is 9.59 Å². The number of nitrogens with zero attached hydrogens (tertiary/aromatic N) is 1. The Balaban J connectivity index is 1.69. The van der Waals surface area contributed by atoms with E-state index in [0.29, 0.717) is 18.8 Å². The third-order valence-electron chi connectivity index (χ3n) is 5.83. The molecule has 1 saturated carbocycles. The van der Waals surface area contributed by atoms with Gasteiger partial charge >= 0.3 is 17.9 Å². The van der Waals surface area contributed by atoms with Crippen LogP contribution in [0.3, 0.4) is 0 Å². The van der Waals surface area contributed by atoms with Crippen LogP contribution in [0.4, 0.5) is 4.79 Å². The van der Waals surface area contributed by atoms with Crippen molar-refractivity contribution in [1.29, 1.82) is 0 Å². The highest BCUT2D eigenvalue weighted by molar-refractivity contribution is 9.10. The lowest BCUT2D eigenvalue weighted by atomic mass is 9.72. The van der Waals surface area contributed by atoms with E-state index in [2.05, 4.69) is 37.1 Å². The molecule has 8 nitrogen and oxygen atoms in total. The summed E-state index contributed by atoms with van der Waals surface area (Å²) < 4.78 is 6.80. The molecule has 3 amide bonds. The minimum absolute atomic E-state index is 0.119. The predicted molar refractivity (Wildman–Crippen MR) is 116 cm³/mol. The molecule has 2 aliphatic rings. The first kappa shape index (κ1) is 22.3. The fourth-order valence-corrected chi connectivity index (χ4v) is 4.81. The van der Waals surface area contributed by atoms with Gasteiger partial charge in [0.2, 0.25) is 0 Å². The van der Waals surface area contributed by atoms with Crippen LogP contribution < -0.4 is 16.1 Å². The van der Waals surface area contributed by atoms with Gasteiger partial charge in [-0.05, 0) is 69.6 Å². The van der Waals surface area contributed by atoms with Gasteiger partial charge in [0.25, 0.3) is 0 Å². The van der Waals surface area contributed by atoms with Crippen LogP contribution in [0.5, 0.6) is 0 Å². The number of hydrogen-bond donors (Lipinski definition) is 3. The second-order valence-electron chi connectivity index (χ2n) is 8.05. The van der Waals surface area contributed by atoms with Crippen molar-refractivity contribution in [2.45, 2.75) is 57.6 Å². The summed E-state index contributed by atoms with van der Waals surface area (Å²) in [6, 6.07) is 5.84. The van der Waals surface area contributed by atoms with Gasteiger partial charge in [0.05, 0.1) is 0 Å². The Morgan fingerprint density at radius 2 is 2.03 bits per heavy atom. The van der Waals surface area contributed by atoms with Crippen molar-refractivity contribution in [2.24, 2.45) is 11.0 Å². The number of aryl methyl sites for hydroxylation is 1. The highest BCUT2D eigenvalue weighted by atomic mass is 79.9. The number of likely N-dealkylation sites (N-methyl/N-ethyl adjacent to an activating group) is 1. The number of carbonyl (C=O) groups excluding carboxylic acids is 3. The zero-order valence-electron chi connectivity index (χ0n) is 17.4. The molecule has 1 heterocycles. The minimum Gasteiger partial charge on any atom is -0.435 e. The third kappa shape index (κ3) is 4.83. The Kier molecular flexibility index (Phi) is 6.80. The van der Waals surface area contributed by atoms with Crippen LogP contribution in [0.15, 0.2) is 27.8 Å². The summed E-state index contributed by atoms with van der Waals surface area (Å²) in [7, 11) is 1.43. The van der Waals surface area contributed by atoms with Crippen molar-refractivity contribution in [2.75, 3.05) is 7.05 Å². The fraction of sp³-hybridized carbons (Fsp3) is 0.524. The zero-order chi connectivity index (χ0) is 21.9. The molecule has 0 unspecified atom stereocenters. The Bertz CT molecular complexity index is 878. The number of ether oxygens (including phenoxy) is 1. The van der Waals surface area contributed by atoms with Gasteiger partial charge in [0.1, 0.15) is 5.71 Å². The van der Waals surface area contributed by atoms with E-state index >= 15 is 0 Å². The first-order valence-electron chi connectivity index (χ1n) is 10.1. The summed E-state index contributed by atoms with van der Waals surface area (Å²) >= 11 is 3.48. The van der Waals surface area contributed by atoms with Crippen molar-refractivity contribution in [1.82, 2.24) is 16.1 Å². The predicted octanol–water partition coefficient (Wildman–Crippen LogP) is 2.77. The van der Waals surface area contributed by atoms with Gasteiger partial charge in [-0.15, -0.1) is 0 Å². The standard InChI is InChI=1S/C21H27BrN4O4/c1-12-10-15(22)4-5-16(12)17-21(30-20(29)26-25-17)8-6-14(7-9-21)11-13(2)24-19(28)18(27)23-3/h4-5,10,13-14H,6-9,11H2,1-3H3,(H,23,27)(H,24,28)(H,26,29)/t13-,14?,21?/m0/s1. The summed E-state index contributed by atoms with van der Waals surface area (Å²) in [6.45, 7) is 3.91. The lowest BCUT2D eigenvalue weighted by molar-refractivity contribution is -0.139. The lowest BCUT2D eigenvalue weighted by Crippen LogP contribution is -2.52. The maximum Gasteiger partial charge on any atom is 0.428 e. The highest BCUT2D eigenvalue weighted by Gasteiger charge is 2.46. The molecule has 1 aromatic carbocycles. The van der Waals surface area contributed by atoms with E-state index in [9.17, 15) is 14.4 Å². The molecule has 3 rings (SSSR count). The molecule has 0 saturated heterocycles. The molecule has 162 valence electrons. The summed E-state index contributed by atoms with van der Waals surface area (Å²) in [5.74, 6) is -0.905. The Morgan fingerprint density at radius 3 is 2.67 bits per heavy atom. The molecule has 9 heteroatoms. The van der Waals surface area contributed by atoms with Crippen LogP contribution in [0.2, 0.25) is 0 Å². The SMILES string of the molecule is CNC(=O)C(=O)N[C@@H](C)CC1CCC2(CC1)OC(=O)NN=C2c1ccc(Br)cc1C. The van der Waals surface area contributed by atoms with Crippen LogP contribution in [0.25, 0.3) is 0 Å². The molecular formula is C21H27BrN4O4. The van der Waals surface area contributed by atoms with Gasteiger partial charge in [-0.2, -0.15) is 5.10 Å². The highest BCUT2D eigenvalue weighted by Crippen LogP contribution is 2.41. The molecule has 0 bridgehead atoms. The lowest BCUT2D eigenvalue weighted by Gasteiger charge is -2.42. The first-order valence-corrected chi connectivity index (χ1v) is 10.9. The summed E-state index contributed by atoms with van der Waals surface area (Å²) in [6.07, 6.45) is 3.22. The maximum atomic E-state index is 12.0. The number of benzene rings is 1. The van der Waals surface area contributed by atoms with Gasteiger partial charge < -0.3 is 15.4 Å². The smallest absolute Gasteiger partial charge is 0.428 e. The topological polar surface area (TPSA) is 109 Å². The Hall–Kier alpha value is -2.42. The molecule has 1 spiro atoms. The Morgan fingerprint density at radius 1 is 1.33 bits per heavy atom. The number of hydrogen-bond acceptors (Lipinski definition) is 5. The van der Waals surface area contributed by atoms with Crippen molar-refractivity contribution < 1.29 is 19.1 Å². The molecule has 1 aliphatic carbocycles. The van der Waals surface area contributed by atoms with Crippen LogP contribution in [0.1, 0.15) is 50.2 Å². The summed E-state index contributed by atoms with van der Waals surface area (Å²) in [5.41, 5.74) is 4.48. The Labute approximate surface area is 184 Å². The quantitative estimate of drug-likeness (QED) is 0.577. The summed E-state index contributed by atoms with van der Waals surface area (Å²) in [5, 5.41) is 9.43. The number of hydrazone groups is 1. The molecule has 1 aliphatic heterocycles. The molecule has 0 aromatic heterocycles. The minimum atomic E-state index is -0.744. The first-order chi connectivity index (χ1) is 14.2.